The van der Waals surface area contributed by atoms with Crippen LogP contribution in [0.4, 0.5) is 11.4 Å². The lowest BCUT2D eigenvalue weighted by atomic mass is 10.0. The van der Waals surface area contributed by atoms with Gasteiger partial charge in [0.1, 0.15) is 17.6 Å². The monoisotopic (exact) mass is 540 g/mol. The molecule has 4 aromatic rings. The molecule has 39 heavy (non-hydrogen) atoms. The van der Waals surface area contributed by atoms with Crippen molar-refractivity contribution in [3.63, 3.8) is 0 Å². The van der Waals surface area contributed by atoms with Crippen LogP contribution in [0.25, 0.3) is 11.3 Å². The van der Waals surface area contributed by atoms with Gasteiger partial charge in [-0.05, 0) is 79.3 Å². The topological polar surface area (TPSA) is 108 Å². The number of amides is 1. The van der Waals surface area contributed by atoms with Crippen LogP contribution >= 0.6 is 12.2 Å². The first kappa shape index (κ1) is 26.1. The van der Waals surface area contributed by atoms with Crippen LogP contribution in [0, 0.1) is 12.8 Å². The standard InChI is InChI=1S/C30H28N4O4S/c1-17(2)28(35)32-22-12-11-21(16-18(22)3)34-27(26(33-30(34)39)23-6-4-5-15-31-23)25-14-13-24(38-25)19-7-9-20(10-8-19)29(36)37/h4-17,26-27H,1-3H3,(H,32,35)(H,33,39)(H,36,37)/t26-,27+/m1/s1. The van der Waals surface area contributed by atoms with Gasteiger partial charge in [-0.3, -0.25) is 9.78 Å². The van der Waals surface area contributed by atoms with E-state index >= 15 is 0 Å². The van der Waals surface area contributed by atoms with E-state index < -0.39 is 5.97 Å². The number of aromatic nitrogens is 1. The minimum Gasteiger partial charge on any atom is -0.478 e. The van der Waals surface area contributed by atoms with E-state index in [2.05, 4.69) is 15.6 Å². The summed E-state index contributed by atoms with van der Waals surface area (Å²) in [7, 11) is 0. The number of carboxylic acids is 1. The lowest BCUT2D eigenvalue weighted by molar-refractivity contribution is -0.118. The van der Waals surface area contributed by atoms with Gasteiger partial charge in [0, 0.05) is 29.1 Å². The number of aromatic carboxylic acids is 1. The van der Waals surface area contributed by atoms with Gasteiger partial charge in [-0.15, -0.1) is 0 Å². The van der Waals surface area contributed by atoms with Gasteiger partial charge in [-0.1, -0.05) is 32.0 Å². The van der Waals surface area contributed by atoms with Gasteiger partial charge in [-0.25, -0.2) is 4.79 Å². The minimum absolute atomic E-state index is 0.0446. The molecule has 1 aliphatic heterocycles. The van der Waals surface area contributed by atoms with Crippen LogP contribution in [0.5, 0.6) is 0 Å². The Labute approximate surface area is 231 Å². The number of aryl methyl sites for hydroxylation is 1. The molecule has 1 aliphatic rings. The summed E-state index contributed by atoms with van der Waals surface area (Å²) < 4.78 is 6.37. The fourth-order valence-corrected chi connectivity index (χ4v) is 4.93. The Kier molecular flexibility index (Phi) is 7.17. The molecular formula is C30H28N4O4S. The highest BCUT2D eigenvalue weighted by Gasteiger charge is 2.42. The molecule has 0 saturated carbocycles. The Balaban J connectivity index is 1.53. The third-order valence-corrected chi connectivity index (χ3v) is 7.02. The molecule has 5 rings (SSSR count). The van der Waals surface area contributed by atoms with Gasteiger partial charge in [0.25, 0.3) is 0 Å². The number of hydrogen-bond acceptors (Lipinski definition) is 5. The molecule has 1 fully saturated rings. The van der Waals surface area contributed by atoms with Crippen molar-refractivity contribution in [1.82, 2.24) is 10.3 Å². The van der Waals surface area contributed by atoms with Crippen molar-refractivity contribution >= 4 is 40.6 Å². The van der Waals surface area contributed by atoms with Crippen molar-refractivity contribution in [2.24, 2.45) is 5.92 Å². The first-order chi connectivity index (χ1) is 18.7. The highest BCUT2D eigenvalue weighted by atomic mass is 32.1. The van der Waals surface area contributed by atoms with Crippen LogP contribution in [0.15, 0.2) is 83.4 Å². The molecule has 2 aromatic heterocycles. The van der Waals surface area contributed by atoms with Crippen LogP contribution in [0.1, 0.15) is 53.3 Å². The van der Waals surface area contributed by atoms with E-state index in [1.54, 1.807) is 30.5 Å². The Bertz CT molecular complexity index is 1530. The molecule has 2 aromatic carbocycles. The largest absolute Gasteiger partial charge is 0.478 e. The van der Waals surface area contributed by atoms with Gasteiger partial charge in [0.15, 0.2) is 5.11 Å². The molecule has 0 bridgehead atoms. The molecule has 0 spiro atoms. The van der Waals surface area contributed by atoms with Gasteiger partial charge in [0.05, 0.1) is 17.3 Å². The van der Waals surface area contributed by atoms with Crippen molar-refractivity contribution in [3.05, 3.63) is 102 Å². The zero-order valence-electron chi connectivity index (χ0n) is 21.7. The van der Waals surface area contributed by atoms with E-state index in [1.807, 2.05) is 74.2 Å². The molecule has 3 heterocycles. The van der Waals surface area contributed by atoms with Crippen molar-refractivity contribution in [2.75, 3.05) is 10.2 Å². The third kappa shape index (κ3) is 5.26. The van der Waals surface area contributed by atoms with Crippen molar-refractivity contribution < 1.29 is 19.1 Å². The minimum atomic E-state index is -0.980. The van der Waals surface area contributed by atoms with E-state index in [1.165, 1.54) is 0 Å². The number of nitrogens with one attached hydrogen (secondary N) is 2. The van der Waals surface area contributed by atoms with Crippen LogP contribution in [-0.4, -0.2) is 27.1 Å². The molecule has 8 nitrogen and oxygen atoms in total. The lowest BCUT2D eigenvalue weighted by Crippen LogP contribution is -2.29. The number of thiocarbonyl (C=S) groups is 1. The summed E-state index contributed by atoms with van der Waals surface area (Å²) in [6, 6.07) is 21.3. The van der Waals surface area contributed by atoms with E-state index in [-0.39, 0.29) is 29.5 Å². The lowest BCUT2D eigenvalue weighted by Gasteiger charge is -2.27. The highest BCUT2D eigenvalue weighted by Crippen LogP contribution is 2.43. The predicted octanol–water partition coefficient (Wildman–Crippen LogP) is 6.12. The number of carboxylic acid groups (broad SMARTS) is 1. The number of anilines is 2. The number of carbonyl (C=O) groups excluding carboxylic acids is 1. The average molecular weight is 541 g/mol. The number of carbonyl (C=O) groups is 2. The molecule has 1 amide bonds. The average Bonchev–Trinajstić information content (AvgIpc) is 3.55. The summed E-state index contributed by atoms with van der Waals surface area (Å²) >= 11 is 5.82. The van der Waals surface area contributed by atoms with Gasteiger partial charge >= 0.3 is 5.97 Å². The predicted molar refractivity (Wildman–Crippen MR) is 154 cm³/mol. The zero-order valence-corrected chi connectivity index (χ0v) is 22.5. The van der Waals surface area contributed by atoms with Crippen LogP contribution < -0.4 is 15.5 Å². The highest BCUT2D eigenvalue weighted by molar-refractivity contribution is 7.80. The smallest absolute Gasteiger partial charge is 0.335 e. The molecule has 0 aliphatic carbocycles. The van der Waals surface area contributed by atoms with E-state index in [4.69, 9.17) is 16.6 Å². The molecule has 2 atom stereocenters. The van der Waals surface area contributed by atoms with Gasteiger partial charge in [-0.2, -0.15) is 0 Å². The molecular weight excluding hydrogens is 512 g/mol. The summed E-state index contributed by atoms with van der Waals surface area (Å²) in [6.07, 6.45) is 1.74. The van der Waals surface area contributed by atoms with Gasteiger partial charge < -0.3 is 25.1 Å². The third-order valence-electron chi connectivity index (χ3n) is 6.70. The fourth-order valence-electron chi connectivity index (χ4n) is 4.58. The Hall–Kier alpha value is -4.50. The number of rotatable bonds is 7. The van der Waals surface area contributed by atoms with Gasteiger partial charge in [0.2, 0.25) is 5.91 Å². The number of pyridine rings is 1. The number of furan rings is 1. The summed E-state index contributed by atoms with van der Waals surface area (Å²) in [6.45, 7) is 5.66. The molecule has 9 heteroatoms. The number of nitrogens with zero attached hydrogens (tertiary/aromatic N) is 2. The molecule has 3 N–H and O–H groups in total. The Morgan fingerprint density at radius 1 is 1.08 bits per heavy atom. The van der Waals surface area contributed by atoms with E-state index in [0.29, 0.717) is 16.6 Å². The summed E-state index contributed by atoms with van der Waals surface area (Å²) in [4.78, 5) is 30.1. The summed E-state index contributed by atoms with van der Waals surface area (Å²) in [5, 5.41) is 16.1. The quantitative estimate of drug-likeness (QED) is 0.241. The summed E-state index contributed by atoms with van der Waals surface area (Å²) in [5.41, 5.74) is 4.29. The molecule has 198 valence electrons. The maximum Gasteiger partial charge on any atom is 0.335 e. The van der Waals surface area contributed by atoms with Crippen LogP contribution in [0.3, 0.4) is 0 Å². The van der Waals surface area contributed by atoms with Crippen molar-refractivity contribution in [2.45, 2.75) is 32.9 Å². The Morgan fingerprint density at radius 2 is 1.85 bits per heavy atom. The summed E-state index contributed by atoms with van der Waals surface area (Å²) in [5.74, 6) is 0.131. The van der Waals surface area contributed by atoms with Crippen LogP contribution in [-0.2, 0) is 4.79 Å². The number of hydrogen-bond donors (Lipinski definition) is 3. The maximum atomic E-state index is 12.3. The Morgan fingerprint density at radius 3 is 2.49 bits per heavy atom. The van der Waals surface area contributed by atoms with Crippen LogP contribution in [0.2, 0.25) is 0 Å². The second-order valence-corrected chi connectivity index (χ2v) is 10.1. The second-order valence-electron chi connectivity index (χ2n) is 9.72. The molecule has 1 saturated heterocycles. The molecule has 0 unspecified atom stereocenters. The van der Waals surface area contributed by atoms with E-state index in [0.717, 1.165) is 28.2 Å². The molecule has 0 radical (unpaired) electrons. The van der Waals surface area contributed by atoms with Crippen molar-refractivity contribution in [1.29, 1.82) is 0 Å². The fraction of sp³-hybridized carbons (Fsp3) is 0.200. The van der Waals surface area contributed by atoms with Crippen molar-refractivity contribution in [3.8, 4) is 11.3 Å². The zero-order chi connectivity index (χ0) is 27.7. The SMILES string of the molecule is Cc1cc(N2C(=S)N[C@H](c3ccccn3)[C@@H]2c2ccc(-c3ccc(C(=O)O)cc3)o2)ccc1NC(=O)C(C)C. The first-order valence-electron chi connectivity index (χ1n) is 12.6. The normalized spacial score (nSPS) is 16.8. The maximum absolute atomic E-state index is 12.3. The first-order valence-corrected chi connectivity index (χ1v) is 13.0. The number of benzene rings is 2. The second kappa shape index (κ2) is 10.7. The van der Waals surface area contributed by atoms with E-state index in [9.17, 15) is 14.7 Å².